The maximum absolute atomic E-state index is 12.9. The van der Waals surface area contributed by atoms with Crippen LogP contribution in [0.15, 0.2) is 84.9 Å². The number of fused-ring (bicyclic) bond motifs is 1. The molecule has 4 aromatic carbocycles. The second kappa shape index (κ2) is 10.5. The second-order valence-electron chi connectivity index (χ2n) is 7.54. The van der Waals surface area contributed by atoms with Crippen molar-refractivity contribution in [1.29, 1.82) is 0 Å². The Kier molecular flexibility index (Phi) is 7.08. The highest BCUT2D eigenvalue weighted by Gasteiger charge is 2.13. The van der Waals surface area contributed by atoms with Crippen LogP contribution in [0.3, 0.4) is 0 Å². The van der Waals surface area contributed by atoms with E-state index in [2.05, 4.69) is 10.6 Å². The summed E-state index contributed by atoms with van der Waals surface area (Å²) in [4.78, 5) is 25.8. The largest absolute Gasteiger partial charge is 0.494 e. The molecule has 0 bridgehead atoms. The van der Waals surface area contributed by atoms with Crippen LogP contribution in [0, 0.1) is 0 Å². The number of rotatable bonds is 8. The van der Waals surface area contributed by atoms with Gasteiger partial charge < -0.3 is 20.1 Å². The maximum atomic E-state index is 12.9. The van der Waals surface area contributed by atoms with Crippen LogP contribution in [0.5, 0.6) is 11.5 Å². The van der Waals surface area contributed by atoms with Crippen LogP contribution in [0.4, 0.5) is 11.4 Å². The fraction of sp³-hybridized carbons (Fsp3) is 0.143. The predicted molar refractivity (Wildman–Crippen MR) is 135 cm³/mol. The lowest BCUT2D eigenvalue weighted by molar-refractivity contribution is 0.101. The van der Waals surface area contributed by atoms with E-state index in [0.717, 1.165) is 10.8 Å². The molecule has 6 heteroatoms. The number of benzene rings is 4. The first-order valence-electron chi connectivity index (χ1n) is 11.2. The fourth-order valence-electron chi connectivity index (χ4n) is 3.70. The molecule has 0 atom stereocenters. The van der Waals surface area contributed by atoms with E-state index in [0.29, 0.717) is 47.2 Å². The summed E-state index contributed by atoms with van der Waals surface area (Å²) in [6, 6.07) is 25.3. The minimum absolute atomic E-state index is 0.240. The zero-order valence-corrected chi connectivity index (χ0v) is 19.1. The Balaban J connectivity index is 1.59. The lowest BCUT2D eigenvalue weighted by Crippen LogP contribution is -2.13. The molecule has 4 rings (SSSR count). The number of ether oxygens (including phenoxy) is 2. The lowest BCUT2D eigenvalue weighted by Gasteiger charge is -2.13. The van der Waals surface area contributed by atoms with E-state index in [-0.39, 0.29) is 11.8 Å². The molecular weight excluding hydrogens is 428 g/mol. The summed E-state index contributed by atoms with van der Waals surface area (Å²) in [5, 5.41) is 7.60. The van der Waals surface area contributed by atoms with Gasteiger partial charge in [-0.2, -0.15) is 0 Å². The summed E-state index contributed by atoms with van der Waals surface area (Å²) in [6.07, 6.45) is 0. The molecule has 0 aliphatic rings. The Morgan fingerprint density at radius 3 is 1.44 bits per heavy atom. The summed E-state index contributed by atoms with van der Waals surface area (Å²) in [6.45, 7) is 4.85. The third-order valence-electron chi connectivity index (χ3n) is 5.23. The lowest BCUT2D eigenvalue weighted by atomic mass is 10.1. The molecule has 172 valence electrons. The van der Waals surface area contributed by atoms with Crippen molar-refractivity contribution in [2.75, 3.05) is 23.8 Å². The summed E-state index contributed by atoms with van der Waals surface area (Å²) in [5.41, 5.74) is 2.31. The monoisotopic (exact) mass is 454 g/mol. The highest BCUT2D eigenvalue weighted by molar-refractivity contribution is 6.14. The molecule has 6 nitrogen and oxygen atoms in total. The van der Waals surface area contributed by atoms with Gasteiger partial charge in [0.1, 0.15) is 11.5 Å². The molecule has 0 fully saturated rings. The van der Waals surface area contributed by atoms with Crippen molar-refractivity contribution in [3.05, 3.63) is 96.1 Å². The van der Waals surface area contributed by atoms with Crippen LogP contribution >= 0.6 is 0 Å². The van der Waals surface area contributed by atoms with Gasteiger partial charge in [-0.25, -0.2) is 0 Å². The summed E-state index contributed by atoms with van der Waals surface area (Å²) >= 11 is 0. The normalized spacial score (nSPS) is 10.5. The van der Waals surface area contributed by atoms with Crippen LogP contribution in [-0.4, -0.2) is 25.0 Å². The first-order chi connectivity index (χ1) is 16.6. The molecule has 2 amide bonds. The minimum atomic E-state index is -0.240. The van der Waals surface area contributed by atoms with Crippen molar-refractivity contribution in [2.45, 2.75) is 13.8 Å². The van der Waals surface area contributed by atoms with Gasteiger partial charge in [0.2, 0.25) is 0 Å². The topological polar surface area (TPSA) is 76.7 Å². The van der Waals surface area contributed by atoms with E-state index in [4.69, 9.17) is 9.47 Å². The zero-order valence-electron chi connectivity index (χ0n) is 19.1. The Hall–Kier alpha value is -4.32. The number of anilines is 2. The quantitative estimate of drug-likeness (QED) is 0.335. The second-order valence-corrected chi connectivity index (χ2v) is 7.54. The van der Waals surface area contributed by atoms with E-state index >= 15 is 0 Å². The maximum Gasteiger partial charge on any atom is 0.255 e. The predicted octanol–water partition coefficient (Wildman–Crippen LogP) is 6.14. The van der Waals surface area contributed by atoms with Gasteiger partial charge in [0.25, 0.3) is 11.8 Å². The van der Waals surface area contributed by atoms with E-state index in [1.165, 1.54) is 0 Å². The van der Waals surface area contributed by atoms with Gasteiger partial charge in [0.05, 0.1) is 13.2 Å². The molecule has 0 radical (unpaired) electrons. The standard InChI is InChI=1S/C28H26N2O4/c1-3-33-21-11-5-9-19(17-21)27(31)29-25-15-7-14-24-23(25)13-8-16-26(24)30-28(32)20-10-6-12-22(18-20)34-4-2/h5-18H,3-4H2,1-2H3,(H,29,31)(H,30,32). The SMILES string of the molecule is CCOc1cccc(C(=O)Nc2cccc3c(NC(=O)c4cccc(OCC)c4)cccc23)c1. The van der Waals surface area contributed by atoms with Crippen molar-refractivity contribution in [2.24, 2.45) is 0 Å². The molecule has 34 heavy (non-hydrogen) atoms. The molecule has 0 saturated carbocycles. The molecule has 2 N–H and O–H groups in total. The fourth-order valence-corrected chi connectivity index (χ4v) is 3.70. The van der Waals surface area contributed by atoms with Gasteiger partial charge in [-0.05, 0) is 62.4 Å². The van der Waals surface area contributed by atoms with Gasteiger partial charge in [-0.1, -0.05) is 36.4 Å². The Morgan fingerprint density at radius 1 is 0.618 bits per heavy atom. The number of carbonyl (C=O) groups is 2. The van der Waals surface area contributed by atoms with Gasteiger partial charge in [-0.3, -0.25) is 9.59 Å². The third-order valence-corrected chi connectivity index (χ3v) is 5.23. The van der Waals surface area contributed by atoms with E-state index in [1.807, 2.05) is 62.4 Å². The highest BCUT2D eigenvalue weighted by Crippen LogP contribution is 2.30. The third kappa shape index (κ3) is 5.18. The molecule has 0 aliphatic heterocycles. The molecule has 0 spiro atoms. The average Bonchev–Trinajstić information content (AvgIpc) is 2.85. The van der Waals surface area contributed by atoms with Crippen LogP contribution in [0.1, 0.15) is 34.6 Å². The Morgan fingerprint density at radius 2 is 1.03 bits per heavy atom. The van der Waals surface area contributed by atoms with Crippen molar-refractivity contribution in [1.82, 2.24) is 0 Å². The number of hydrogen-bond donors (Lipinski definition) is 2. The smallest absolute Gasteiger partial charge is 0.255 e. The number of hydrogen-bond acceptors (Lipinski definition) is 4. The van der Waals surface area contributed by atoms with Crippen LogP contribution in [0.2, 0.25) is 0 Å². The minimum Gasteiger partial charge on any atom is -0.494 e. The highest BCUT2D eigenvalue weighted by atomic mass is 16.5. The number of carbonyl (C=O) groups excluding carboxylic acids is 2. The molecule has 0 saturated heterocycles. The number of amides is 2. The zero-order chi connectivity index (χ0) is 23.9. The summed E-state index contributed by atoms with van der Waals surface area (Å²) < 4.78 is 11.0. The van der Waals surface area contributed by atoms with Crippen molar-refractivity contribution < 1.29 is 19.1 Å². The molecule has 0 unspecified atom stereocenters. The molecule has 0 heterocycles. The summed E-state index contributed by atoms with van der Waals surface area (Å²) in [7, 11) is 0. The summed E-state index contributed by atoms with van der Waals surface area (Å²) in [5.74, 6) is 0.811. The van der Waals surface area contributed by atoms with E-state index < -0.39 is 0 Å². The van der Waals surface area contributed by atoms with Crippen LogP contribution < -0.4 is 20.1 Å². The first-order valence-corrected chi connectivity index (χ1v) is 11.2. The van der Waals surface area contributed by atoms with Crippen LogP contribution in [-0.2, 0) is 0 Å². The van der Waals surface area contributed by atoms with Crippen molar-refractivity contribution in [3.8, 4) is 11.5 Å². The van der Waals surface area contributed by atoms with E-state index in [1.54, 1.807) is 36.4 Å². The van der Waals surface area contributed by atoms with Crippen molar-refractivity contribution >= 4 is 34.0 Å². The number of nitrogens with one attached hydrogen (secondary N) is 2. The van der Waals surface area contributed by atoms with Crippen LogP contribution in [0.25, 0.3) is 10.8 Å². The first kappa shape index (κ1) is 22.9. The van der Waals surface area contributed by atoms with Gasteiger partial charge in [0, 0.05) is 33.3 Å². The molecular formula is C28H26N2O4. The molecule has 0 aliphatic carbocycles. The molecule has 4 aromatic rings. The van der Waals surface area contributed by atoms with Gasteiger partial charge in [0.15, 0.2) is 0 Å². The molecule has 0 aromatic heterocycles. The van der Waals surface area contributed by atoms with E-state index in [9.17, 15) is 9.59 Å². The van der Waals surface area contributed by atoms with Gasteiger partial charge >= 0.3 is 0 Å². The Labute approximate surface area is 198 Å². The van der Waals surface area contributed by atoms with Crippen molar-refractivity contribution in [3.63, 3.8) is 0 Å². The average molecular weight is 455 g/mol. The van der Waals surface area contributed by atoms with Gasteiger partial charge in [-0.15, -0.1) is 0 Å². The Bertz CT molecular complexity index is 1230.